The minimum atomic E-state index is 0.0640. The predicted octanol–water partition coefficient (Wildman–Crippen LogP) is 4.22. The fraction of sp³-hybridized carbons (Fsp3) is 0.481. The molecule has 0 bridgehead atoms. The van der Waals surface area contributed by atoms with Crippen LogP contribution in [-0.4, -0.2) is 64.3 Å². The van der Waals surface area contributed by atoms with E-state index in [1.54, 1.807) is 6.20 Å². The molecule has 0 aliphatic carbocycles. The van der Waals surface area contributed by atoms with Crippen LogP contribution in [0.15, 0.2) is 48.7 Å². The van der Waals surface area contributed by atoms with E-state index in [4.69, 9.17) is 0 Å². The summed E-state index contributed by atoms with van der Waals surface area (Å²) >= 11 is 0. The number of benzene rings is 1. The highest BCUT2D eigenvalue weighted by atomic mass is 16.1. The maximum absolute atomic E-state index is 12.7. The molecular weight excluding hydrogens is 438 g/mol. The largest absolute Gasteiger partial charge is 0.355 e. The van der Waals surface area contributed by atoms with Gasteiger partial charge in [-0.2, -0.15) is 0 Å². The first-order chi connectivity index (χ1) is 16.9. The molecule has 2 N–H and O–H groups in total. The molecule has 0 atom stereocenters. The second kappa shape index (κ2) is 11.4. The van der Waals surface area contributed by atoms with Crippen LogP contribution in [0.25, 0.3) is 10.9 Å². The third kappa shape index (κ3) is 6.45. The second-order valence-electron chi connectivity index (χ2n) is 9.79. The molecule has 1 aliphatic rings. The lowest BCUT2D eigenvalue weighted by Crippen LogP contribution is -2.45. The first kappa shape index (κ1) is 24.9. The lowest BCUT2D eigenvalue weighted by Gasteiger charge is -2.33. The Bertz CT molecular complexity index is 1100. The van der Waals surface area contributed by atoms with E-state index < -0.39 is 0 Å². The van der Waals surface area contributed by atoms with Gasteiger partial charge in [-0.15, -0.1) is 10.2 Å². The Hall–Kier alpha value is -3.26. The summed E-state index contributed by atoms with van der Waals surface area (Å²) in [5.74, 6) is 1.78. The van der Waals surface area contributed by atoms with Crippen molar-refractivity contribution in [3.8, 4) is 0 Å². The van der Waals surface area contributed by atoms with E-state index in [0.717, 1.165) is 54.9 Å². The maximum Gasteiger partial charge on any atom is 0.223 e. The van der Waals surface area contributed by atoms with E-state index in [1.165, 1.54) is 0 Å². The summed E-state index contributed by atoms with van der Waals surface area (Å²) in [5, 5.41) is 16.3. The van der Waals surface area contributed by atoms with Crippen molar-refractivity contribution in [3.05, 3.63) is 48.7 Å². The molecule has 0 radical (unpaired) electrons. The van der Waals surface area contributed by atoms with Gasteiger partial charge in [0.25, 0.3) is 0 Å². The quantitative estimate of drug-likeness (QED) is 0.479. The van der Waals surface area contributed by atoms with E-state index >= 15 is 0 Å². The van der Waals surface area contributed by atoms with E-state index in [2.05, 4.69) is 69.4 Å². The van der Waals surface area contributed by atoms with Crippen molar-refractivity contribution in [2.75, 3.05) is 36.4 Å². The lowest BCUT2D eigenvalue weighted by atomic mass is 9.96. The Kier molecular flexibility index (Phi) is 8.13. The molecule has 0 unspecified atom stereocenters. The summed E-state index contributed by atoms with van der Waals surface area (Å²) in [7, 11) is 0. The Morgan fingerprint density at radius 2 is 1.83 bits per heavy atom. The highest BCUT2D eigenvalue weighted by molar-refractivity contribution is 5.83. The molecule has 8 heteroatoms. The van der Waals surface area contributed by atoms with Crippen molar-refractivity contribution in [1.29, 1.82) is 0 Å². The number of fused-ring (bicyclic) bond motifs is 1. The van der Waals surface area contributed by atoms with Crippen molar-refractivity contribution < 1.29 is 4.79 Å². The zero-order valence-electron chi connectivity index (χ0n) is 21.2. The number of carbonyl (C=O) groups excluding carboxylic acids is 1. The summed E-state index contributed by atoms with van der Waals surface area (Å²) in [4.78, 5) is 21.6. The third-order valence-electron chi connectivity index (χ3n) is 6.71. The molecule has 0 spiro atoms. The Labute approximate surface area is 208 Å². The minimum absolute atomic E-state index is 0.0640. The van der Waals surface area contributed by atoms with Crippen LogP contribution in [0.3, 0.4) is 0 Å². The number of piperidine rings is 1. The molecule has 2 aromatic heterocycles. The van der Waals surface area contributed by atoms with Crippen LogP contribution in [0.2, 0.25) is 0 Å². The normalized spacial score (nSPS) is 14.8. The average Bonchev–Trinajstić information content (AvgIpc) is 2.86. The minimum Gasteiger partial charge on any atom is -0.355 e. The first-order valence-corrected chi connectivity index (χ1v) is 12.6. The number of rotatable bonds is 9. The number of aromatic nitrogens is 3. The van der Waals surface area contributed by atoms with Crippen LogP contribution < -0.4 is 15.5 Å². The number of hydrogen-bond acceptors (Lipinski definition) is 7. The second-order valence-corrected chi connectivity index (χ2v) is 9.79. The van der Waals surface area contributed by atoms with Crippen molar-refractivity contribution in [2.45, 2.75) is 52.6 Å². The van der Waals surface area contributed by atoms with Crippen LogP contribution >= 0.6 is 0 Å². The fourth-order valence-corrected chi connectivity index (χ4v) is 4.80. The molecule has 8 nitrogen and oxygen atoms in total. The number of carbonyl (C=O) groups is 1. The van der Waals surface area contributed by atoms with Gasteiger partial charge in [-0.1, -0.05) is 6.07 Å². The molecule has 1 amide bonds. The average molecular weight is 476 g/mol. The summed E-state index contributed by atoms with van der Waals surface area (Å²) < 4.78 is 0. The van der Waals surface area contributed by atoms with Gasteiger partial charge in [0.05, 0.1) is 5.52 Å². The number of nitrogens with zero attached hydrogens (tertiary/aromatic N) is 5. The number of nitrogens with one attached hydrogen (secondary N) is 2. The van der Waals surface area contributed by atoms with E-state index in [0.29, 0.717) is 24.4 Å². The summed E-state index contributed by atoms with van der Waals surface area (Å²) in [6.45, 7) is 12.0. The van der Waals surface area contributed by atoms with Crippen molar-refractivity contribution in [2.24, 2.45) is 5.92 Å². The first-order valence-electron chi connectivity index (χ1n) is 12.6. The predicted molar refractivity (Wildman–Crippen MR) is 142 cm³/mol. The highest BCUT2D eigenvalue weighted by Crippen LogP contribution is 2.24. The zero-order valence-corrected chi connectivity index (χ0v) is 21.2. The molecule has 3 aromatic rings. The van der Waals surface area contributed by atoms with Gasteiger partial charge in [-0.05, 0) is 76.9 Å². The Balaban J connectivity index is 1.25. The highest BCUT2D eigenvalue weighted by Gasteiger charge is 2.26. The molecule has 3 heterocycles. The summed E-state index contributed by atoms with van der Waals surface area (Å²) in [6.07, 6.45) is 3.45. The molecule has 1 saturated heterocycles. The van der Waals surface area contributed by atoms with Crippen molar-refractivity contribution in [3.63, 3.8) is 0 Å². The van der Waals surface area contributed by atoms with E-state index in [9.17, 15) is 4.79 Å². The molecule has 0 saturated carbocycles. The molecule has 1 aromatic carbocycles. The van der Waals surface area contributed by atoms with Crippen molar-refractivity contribution in [1.82, 2.24) is 25.4 Å². The lowest BCUT2D eigenvalue weighted by molar-refractivity contribution is -0.125. The number of hydrogen-bond donors (Lipinski definition) is 2. The van der Waals surface area contributed by atoms with Crippen LogP contribution in [0.1, 0.15) is 40.5 Å². The van der Waals surface area contributed by atoms with Gasteiger partial charge in [0.2, 0.25) is 5.91 Å². The third-order valence-corrected chi connectivity index (χ3v) is 6.71. The molecule has 1 aliphatic heterocycles. The topological polar surface area (TPSA) is 86.3 Å². The van der Waals surface area contributed by atoms with Gasteiger partial charge < -0.3 is 15.5 Å². The number of amides is 1. The fourth-order valence-electron chi connectivity index (χ4n) is 4.80. The molecular formula is C27H37N7O. The molecule has 1 fully saturated rings. The van der Waals surface area contributed by atoms with Crippen LogP contribution in [0.5, 0.6) is 0 Å². The van der Waals surface area contributed by atoms with Gasteiger partial charge in [0, 0.05) is 61.5 Å². The Morgan fingerprint density at radius 3 is 2.51 bits per heavy atom. The summed E-state index contributed by atoms with van der Waals surface area (Å²) in [6, 6.07) is 14.9. The number of anilines is 3. The molecule has 186 valence electrons. The van der Waals surface area contributed by atoms with Crippen molar-refractivity contribution >= 4 is 34.1 Å². The maximum atomic E-state index is 12.7. The van der Waals surface area contributed by atoms with Gasteiger partial charge in [0.15, 0.2) is 11.6 Å². The van der Waals surface area contributed by atoms with E-state index in [1.807, 2.05) is 36.4 Å². The van der Waals surface area contributed by atoms with Gasteiger partial charge >= 0.3 is 0 Å². The molecule has 4 rings (SSSR count). The van der Waals surface area contributed by atoms with Crippen LogP contribution in [0, 0.1) is 5.92 Å². The summed E-state index contributed by atoms with van der Waals surface area (Å²) in [5.41, 5.74) is 1.91. The SMILES string of the molecule is CC(C)N(CCNC(=O)C1CCN(c2ccc(Nc3ccc4ncccc4c3)nn2)CC1)C(C)C. The standard InChI is InChI=1S/C27H37N7O/c1-19(2)34(20(3)4)17-14-29-27(35)21-11-15-33(16-12-21)26-10-9-25(31-32-26)30-23-7-8-24-22(18-23)6-5-13-28-24/h5-10,13,18-21H,11-12,14-17H2,1-4H3,(H,29,35)(H,30,31). The van der Waals surface area contributed by atoms with Gasteiger partial charge in [-0.25, -0.2) is 0 Å². The van der Waals surface area contributed by atoms with Crippen LogP contribution in [0.4, 0.5) is 17.3 Å². The zero-order chi connectivity index (χ0) is 24.8. The molecule has 35 heavy (non-hydrogen) atoms. The Morgan fingerprint density at radius 1 is 1.06 bits per heavy atom. The van der Waals surface area contributed by atoms with E-state index in [-0.39, 0.29) is 11.8 Å². The van der Waals surface area contributed by atoms with Gasteiger partial charge in [0.1, 0.15) is 0 Å². The van der Waals surface area contributed by atoms with Gasteiger partial charge in [-0.3, -0.25) is 14.7 Å². The number of pyridine rings is 1. The smallest absolute Gasteiger partial charge is 0.223 e. The van der Waals surface area contributed by atoms with Crippen LogP contribution in [-0.2, 0) is 4.79 Å². The monoisotopic (exact) mass is 475 g/mol.